The van der Waals surface area contributed by atoms with Crippen molar-refractivity contribution in [3.8, 4) is 0 Å². The van der Waals surface area contributed by atoms with Crippen molar-refractivity contribution in [1.29, 1.82) is 0 Å². The number of carbonyl (C=O) groups is 1. The second kappa shape index (κ2) is 8.95. The first kappa shape index (κ1) is 18.6. The quantitative estimate of drug-likeness (QED) is 0.809. The van der Waals surface area contributed by atoms with Crippen molar-refractivity contribution in [3.05, 3.63) is 65.2 Å². The second-order valence-corrected chi connectivity index (χ2v) is 7.09. The topological polar surface area (TPSA) is 35.6 Å². The highest BCUT2D eigenvalue weighted by molar-refractivity contribution is 6.30. The Morgan fingerprint density at radius 3 is 2.62 bits per heavy atom. The fraction of sp³-hybridized carbons (Fsp3) is 0.381. The minimum Gasteiger partial charge on any atom is -0.367 e. The summed E-state index contributed by atoms with van der Waals surface area (Å²) in [5.74, 6) is 0. The standard InChI is InChI=1S/C21H26ClN3O/c1-2-24(16-17-10-12-18(22)13-11-17)21(26)23-15-20-9-6-14-25(20)19-7-4-3-5-8-19/h3-5,7-8,10-13,20H,2,6,9,14-16H2,1H3,(H,23,26)/t20-/m0/s1. The van der Waals surface area contributed by atoms with Gasteiger partial charge in [-0.15, -0.1) is 0 Å². The third-order valence-electron chi connectivity index (χ3n) is 4.91. The molecule has 0 bridgehead atoms. The van der Waals surface area contributed by atoms with Crippen LogP contribution < -0.4 is 10.2 Å². The molecule has 138 valence electrons. The van der Waals surface area contributed by atoms with Crippen LogP contribution in [-0.2, 0) is 6.54 Å². The Hall–Kier alpha value is -2.20. The van der Waals surface area contributed by atoms with Crippen LogP contribution in [0, 0.1) is 0 Å². The monoisotopic (exact) mass is 371 g/mol. The Balaban J connectivity index is 1.55. The zero-order chi connectivity index (χ0) is 18.4. The van der Waals surface area contributed by atoms with Gasteiger partial charge in [-0.1, -0.05) is 41.9 Å². The molecule has 2 aromatic rings. The third-order valence-corrected chi connectivity index (χ3v) is 5.16. The number of anilines is 1. The van der Waals surface area contributed by atoms with Gasteiger partial charge in [0.15, 0.2) is 0 Å². The molecule has 1 heterocycles. The Morgan fingerprint density at radius 1 is 1.19 bits per heavy atom. The molecule has 1 saturated heterocycles. The van der Waals surface area contributed by atoms with Gasteiger partial charge in [0, 0.05) is 42.9 Å². The van der Waals surface area contributed by atoms with Gasteiger partial charge in [0.2, 0.25) is 0 Å². The number of urea groups is 1. The van der Waals surface area contributed by atoms with Gasteiger partial charge in [0.1, 0.15) is 0 Å². The van der Waals surface area contributed by atoms with E-state index in [1.807, 2.05) is 42.2 Å². The van der Waals surface area contributed by atoms with Crippen LogP contribution in [0.15, 0.2) is 54.6 Å². The molecule has 3 rings (SSSR count). The summed E-state index contributed by atoms with van der Waals surface area (Å²) in [7, 11) is 0. The van der Waals surface area contributed by atoms with Gasteiger partial charge in [-0.25, -0.2) is 4.79 Å². The molecule has 1 atom stereocenters. The molecule has 1 N–H and O–H groups in total. The molecule has 1 aliphatic rings. The van der Waals surface area contributed by atoms with Gasteiger partial charge in [-0.3, -0.25) is 0 Å². The number of amides is 2. The van der Waals surface area contributed by atoms with Crippen molar-refractivity contribution in [3.63, 3.8) is 0 Å². The number of halogens is 1. The first-order valence-electron chi connectivity index (χ1n) is 9.26. The van der Waals surface area contributed by atoms with Crippen LogP contribution in [0.3, 0.4) is 0 Å². The van der Waals surface area contributed by atoms with Crippen LogP contribution in [0.4, 0.5) is 10.5 Å². The number of benzene rings is 2. The molecule has 1 fully saturated rings. The van der Waals surface area contributed by atoms with Crippen LogP contribution in [0.2, 0.25) is 5.02 Å². The fourth-order valence-electron chi connectivity index (χ4n) is 3.46. The number of rotatable bonds is 6. The molecule has 2 aromatic carbocycles. The predicted molar refractivity (Wildman–Crippen MR) is 108 cm³/mol. The van der Waals surface area contributed by atoms with Gasteiger partial charge < -0.3 is 15.1 Å². The van der Waals surface area contributed by atoms with Crippen molar-refractivity contribution in [2.75, 3.05) is 24.5 Å². The van der Waals surface area contributed by atoms with E-state index >= 15 is 0 Å². The summed E-state index contributed by atoms with van der Waals surface area (Å²) in [6.07, 6.45) is 2.27. The van der Waals surface area contributed by atoms with Crippen LogP contribution in [0.25, 0.3) is 0 Å². The van der Waals surface area contributed by atoms with E-state index < -0.39 is 0 Å². The molecule has 0 unspecified atom stereocenters. The van der Waals surface area contributed by atoms with E-state index in [4.69, 9.17) is 11.6 Å². The lowest BCUT2D eigenvalue weighted by Gasteiger charge is -2.28. The van der Waals surface area contributed by atoms with E-state index in [1.54, 1.807) is 0 Å². The number of nitrogens with zero attached hydrogens (tertiary/aromatic N) is 2. The summed E-state index contributed by atoms with van der Waals surface area (Å²) in [6, 6.07) is 18.4. The highest BCUT2D eigenvalue weighted by Crippen LogP contribution is 2.24. The van der Waals surface area contributed by atoms with E-state index in [9.17, 15) is 4.79 Å². The van der Waals surface area contributed by atoms with Gasteiger partial charge in [-0.2, -0.15) is 0 Å². The van der Waals surface area contributed by atoms with Crippen molar-refractivity contribution >= 4 is 23.3 Å². The molecule has 2 amide bonds. The number of hydrogen-bond donors (Lipinski definition) is 1. The van der Waals surface area contributed by atoms with Crippen LogP contribution >= 0.6 is 11.6 Å². The first-order valence-corrected chi connectivity index (χ1v) is 9.64. The van der Waals surface area contributed by atoms with Crippen molar-refractivity contribution in [2.24, 2.45) is 0 Å². The molecule has 5 heteroatoms. The highest BCUT2D eigenvalue weighted by atomic mass is 35.5. The zero-order valence-electron chi connectivity index (χ0n) is 15.2. The Morgan fingerprint density at radius 2 is 1.92 bits per heavy atom. The number of carbonyl (C=O) groups excluding carboxylic acids is 1. The summed E-state index contributed by atoms with van der Waals surface area (Å²) in [4.78, 5) is 16.8. The van der Waals surface area contributed by atoms with Crippen LogP contribution in [0.5, 0.6) is 0 Å². The first-order chi connectivity index (χ1) is 12.7. The molecule has 0 spiro atoms. The lowest BCUT2D eigenvalue weighted by Crippen LogP contribution is -2.45. The minimum atomic E-state index is -0.0117. The number of hydrogen-bond acceptors (Lipinski definition) is 2. The van der Waals surface area contributed by atoms with E-state index in [2.05, 4.69) is 34.5 Å². The average Bonchev–Trinajstić information content (AvgIpc) is 3.15. The summed E-state index contributed by atoms with van der Waals surface area (Å²) >= 11 is 5.93. The second-order valence-electron chi connectivity index (χ2n) is 6.65. The van der Waals surface area contributed by atoms with Crippen LogP contribution in [-0.4, -0.2) is 36.6 Å². The number of nitrogens with one attached hydrogen (secondary N) is 1. The summed E-state index contributed by atoms with van der Waals surface area (Å²) < 4.78 is 0. The molecule has 1 aliphatic heterocycles. The maximum Gasteiger partial charge on any atom is 0.317 e. The van der Waals surface area contributed by atoms with Crippen molar-refractivity contribution in [1.82, 2.24) is 10.2 Å². The Kier molecular flexibility index (Phi) is 6.40. The molecule has 0 radical (unpaired) electrons. The zero-order valence-corrected chi connectivity index (χ0v) is 16.0. The number of para-hydroxylation sites is 1. The van der Waals surface area contributed by atoms with E-state index in [0.29, 0.717) is 30.7 Å². The molecule has 0 saturated carbocycles. The third kappa shape index (κ3) is 4.70. The molecule has 26 heavy (non-hydrogen) atoms. The highest BCUT2D eigenvalue weighted by Gasteiger charge is 2.25. The predicted octanol–water partition coefficient (Wildman–Crippen LogP) is 4.54. The molecular formula is C21H26ClN3O. The van der Waals surface area contributed by atoms with E-state index in [1.165, 1.54) is 5.69 Å². The SMILES string of the molecule is CCN(Cc1ccc(Cl)cc1)C(=O)NC[C@@H]1CCCN1c1ccccc1. The van der Waals surface area contributed by atoms with E-state index in [0.717, 1.165) is 24.9 Å². The lowest BCUT2D eigenvalue weighted by molar-refractivity contribution is 0.197. The molecule has 0 aliphatic carbocycles. The largest absolute Gasteiger partial charge is 0.367 e. The Labute approximate surface area is 160 Å². The fourth-order valence-corrected chi connectivity index (χ4v) is 3.59. The Bertz CT molecular complexity index is 705. The van der Waals surface area contributed by atoms with Crippen molar-refractivity contribution < 1.29 is 4.79 Å². The summed E-state index contributed by atoms with van der Waals surface area (Å²) in [5, 5.41) is 3.84. The summed E-state index contributed by atoms with van der Waals surface area (Å²) in [5.41, 5.74) is 2.32. The maximum atomic E-state index is 12.6. The lowest BCUT2D eigenvalue weighted by atomic mass is 10.2. The van der Waals surface area contributed by atoms with Gasteiger partial charge in [0.05, 0.1) is 0 Å². The normalized spacial score (nSPS) is 16.5. The molecule has 0 aromatic heterocycles. The molecular weight excluding hydrogens is 346 g/mol. The van der Waals surface area contributed by atoms with Crippen LogP contribution in [0.1, 0.15) is 25.3 Å². The van der Waals surface area contributed by atoms with Gasteiger partial charge in [-0.05, 0) is 49.6 Å². The molecule has 4 nitrogen and oxygen atoms in total. The average molecular weight is 372 g/mol. The van der Waals surface area contributed by atoms with Gasteiger partial charge in [0.25, 0.3) is 0 Å². The van der Waals surface area contributed by atoms with Crippen molar-refractivity contribution in [2.45, 2.75) is 32.4 Å². The minimum absolute atomic E-state index is 0.0117. The van der Waals surface area contributed by atoms with E-state index in [-0.39, 0.29) is 6.03 Å². The maximum absolute atomic E-state index is 12.6. The summed E-state index contributed by atoms with van der Waals surface area (Å²) in [6.45, 7) is 4.98. The smallest absolute Gasteiger partial charge is 0.317 e. The van der Waals surface area contributed by atoms with Gasteiger partial charge >= 0.3 is 6.03 Å².